The maximum atomic E-state index is 13.2. The topological polar surface area (TPSA) is 51.8 Å². The summed E-state index contributed by atoms with van der Waals surface area (Å²) in [7, 11) is 0. The minimum absolute atomic E-state index is 0.210. The number of nitrogens with two attached hydrogens (primary N) is 1. The van der Waals surface area contributed by atoms with Gasteiger partial charge >= 0.3 is 0 Å². The van der Waals surface area contributed by atoms with Gasteiger partial charge in [-0.25, -0.2) is 14.4 Å². The highest BCUT2D eigenvalue weighted by Gasteiger charge is 2.05. The third-order valence-corrected chi connectivity index (χ3v) is 2.54. The van der Waals surface area contributed by atoms with Crippen LogP contribution in [0.3, 0.4) is 0 Å². The first-order valence-corrected chi connectivity index (χ1v) is 5.41. The Morgan fingerprint density at radius 2 is 1.94 bits per heavy atom. The van der Waals surface area contributed by atoms with Gasteiger partial charge in [-0.15, -0.1) is 0 Å². The molecule has 2 rings (SSSR count). The van der Waals surface area contributed by atoms with Crippen LogP contribution >= 0.6 is 0 Å². The molecule has 1 aromatic carbocycles. The summed E-state index contributed by atoms with van der Waals surface area (Å²) in [5.74, 6) is 0.389. The van der Waals surface area contributed by atoms with Crippen molar-refractivity contribution < 1.29 is 4.39 Å². The predicted molar refractivity (Wildman–Crippen MR) is 64.8 cm³/mol. The van der Waals surface area contributed by atoms with E-state index in [4.69, 9.17) is 5.73 Å². The van der Waals surface area contributed by atoms with Gasteiger partial charge in [-0.1, -0.05) is 0 Å². The number of aromatic nitrogens is 2. The lowest BCUT2D eigenvalue weighted by Gasteiger charge is -2.06. The van der Waals surface area contributed by atoms with Crippen molar-refractivity contribution in [3.8, 4) is 11.3 Å². The van der Waals surface area contributed by atoms with Crippen LogP contribution in [0.15, 0.2) is 24.3 Å². The molecule has 0 radical (unpaired) electrons. The lowest BCUT2D eigenvalue weighted by molar-refractivity contribution is 0.618. The summed E-state index contributed by atoms with van der Waals surface area (Å²) in [6, 6.07) is 6.80. The van der Waals surface area contributed by atoms with Crippen LogP contribution in [0, 0.1) is 19.7 Å². The van der Waals surface area contributed by atoms with Crippen molar-refractivity contribution in [2.24, 2.45) is 5.73 Å². The van der Waals surface area contributed by atoms with Crippen LogP contribution in [0.4, 0.5) is 4.39 Å². The molecule has 17 heavy (non-hydrogen) atoms. The molecule has 2 aromatic rings. The maximum Gasteiger partial charge on any atom is 0.142 e. The highest BCUT2D eigenvalue weighted by molar-refractivity contribution is 5.60. The van der Waals surface area contributed by atoms with Gasteiger partial charge in [0, 0.05) is 11.3 Å². The van der Waals surface area contributed by atoms with Crippen LogP contribution < -0.4 is 5.73 Å². The summed E-state index contributed by atoms with van der Waals surface area (Å²) < 4.78 is 13.2. The van der Waals surface area contributed by atoms with Crippen LogP contribution in [0.5, 0.6) is 0 Å². The molecule has 0 saturated heterocycles. The van der Waals surface area contributed by atoms with Crippen LogP contribution in [0.25, 0.3) is 11.3 Å². The molecule has 1 aromatic heterocycles. The van der Waals surface area contributed by atoms with Crippen molar-refractivity contribution >= 4 is 0 Å². The molecule has 0 atom stereocenters. The van der Waals surface area contributed by atoms with Crippen molar-refractivity contribution in [2.45, 2.75) is 20.4 Å². The Bertz CT molecular complexity index is 552. The maximum absolute atomic E-state index is 13.2. The number of rotatable bonds is 2. The fourth-order valence-electron chi connectivity index (χ4n) is 1.67. The lowest BCUT2D eigenvalue weighted by atomic mass is 10.1. The normalized spacial score (nSPS) is 10.6. The number of nitrogens with zero attached hydrogens (tertiary/aromatic N) is 2. The van der Waals surface area contributed by atoms with Gasteiger partial charge in [-0.3, -0.25) is 0 Å². The number of aryl methyl sites for hydroxylation is 2. The molecular formula is C13H14FN3. The molecule has 0 aliphatic rings. The Morgan fingerprint density at radius 1 is 1.18 bits per heavy atom. The highest BCUT2D eigenvalue weighted by Crippen LogP contribution is 2.20. The third kappa shape index (κ3) is 2.47. The van der Waals surface area contributed by atoms with Gasteiger partial charge in [-0.2, -0.15) is 0 Å². The van der Waals surface area contributed by atoms with E-state index in [1.54, 1.807) is 19.1 Å². The van der Waals surface area contributed by atoms with Crippen molar-refractivity contribution in [1.29, 1.82) is 0 Å². The van der Waals surface area contributed by atoms with Crippen LogP contribution in [-0.2, 0) is 6.54 Å². The third-order valence-electron chi connectivity index (χ3n) is 2.54. The molecule has 0 aliphatic carbocycles. The minimum Gasteiger partial charge on any atom is -0.324 e. The molecule has 4 heteroatoms. The van der Waals surface area contributed by atoms with E-state index in [1.165, 1.54) is 6.07 Å². The average Bonchev–Trinajstić information content (AvgIpc) is 2.32. The lowest BCUT2D eigenvalue weighted by Crippen LogP contribution is -2.05. The van der Waals surface area contributed by atoms with E-state index < -0.39 is 0 Å². The van der Waals surface area contributed by atoms with Crippen molar-refractivity contribution in [2.75, 3.05) is 0 Å². The first-order chi connectivity index (χ1) is 8.10. The van der Waals surface area contributed by atoms with E-state index in [0.717, 1.165) is 17.0 Å². The minimum atomic E-state index is -0.210. The predicted octanol–water partition coefficient (Wildman–Crippen LogP) is 2.36. The molecular weight excluding hydrogens is 217 g/mol. The SMILES string of the molecule is Cc1cc(-c2ccc(F)c(C)c2)nc(CN)n1. The standard InChI is InChI=1S/C13H14FN3/c1-8-5-10(3-4-11(8)14)12-6-9(2)16-13(7-15)17-12/h3-6H,7,15H2,1-2H3. The summed E-state index contributed by atoms with van der Waals surface area (Å²) in [5, 5.41) is 0. The molecule has 0 unspecified atom stereocenters. The molecule has 0 saturated carbocycles. The molecule has 0 bridgehead atoms. The molecule has 0 fully saturated rings. The van der Waals surface area contributed by atoms with Gasteiger partial charge in [0.15, 0.2) is 0 Å². The Kier molecular flexibility index (Phi) is 3.15. The highest BCUT2D eigenvalue weighted by atomic mass is 19.1. The van der Waals surface area contributed by atoms with Crippen molar-refractivity contribution in [3.63, 3.8) is 0 Å². The number of hydrogen-bond donors (Lipinski definition) is 1. The number of hydrogen-bond acceptors (Lipinski definition) is 3. The van der Waals surface area contributed by atoms with Crippen molar-refractivity contribution in [3.05, 3.63) is 47.2 Å². The fourth-order valence-corrected chi connectivity index (χ4v) is 1.67. The van der Waals surface area contributed by atoms with Crippen molar-refractivity contribution in [1.82, 2.24) is 9.97 Å². The first kappa shape index (κ1) is 11.7. The monoisotopic (exact) mass is 231 g/mol. The van der Waals surface area contributed by atoms with E-state index in [0.29, 0.717) is 17.9 Å². The van der Waals surface area contributed by atoms with E-state index in [2.05, 4.69) is 9.97 Å². The Balaban J connectivity index is 2.52. The van der Waals surface area contributed by atoms with Gasteiger partial charge in [0.05, 0.1) is 12.2 Å². The Morgan fingerprint density at radius 3 is 2.59 bits per heavy atom. The Hall–Kier alpha value is -1.81. The summed E-state index contributed by atoms with van der Waals surface area (Å²) in [6.45, 7) is 3.92. The molecule has 3 nitrogen and oxygen atoms in total. The molecule has 88 valence electrons. The van der Waals surface area contributed by atoms with E-state index in [9.17, 15) is 4.39 Å². The van der Waals surface area contributed by atoms with Crippen LogP contribution in [-0.4, -0.2) is 9.97 Å². The second-order valence-corrected chi connectivity index (χ2v) is 3.98. The molecule has 0 amide bonds. The van der Waals surface area contributed by atoms with E-state index in [-0.39, 0.29) is 5.82 Å². The zero-order valence-corrected chi connectivity index (χ0v) is 9.87. The van der Waals surface area contributed by atoms with Gasteiger partial charge in [-0.05, 0) is 43.7 Å². The summed E-state index contributed by atoms with van der Waals surface area (Å²) in [6.07, 6.45) is 0. The number of halogens is 1. The fraction of sp³-hybridized carbons (Fsp3) is 0.231. The van der Waals surface area contributed by atoms with Gasteiger partial charge < -0.3 is 5.73 Å². The zero-order chi connectivity index (χ0) is 12.4. The van der Waals surface area contributed by atoms with Crippen LogP contribution in [0.1, 0.15) is 17.1 Å². The first-order valence-electron chi connectivity index (χ1n) is 5.41. The molecule has 0 aliphatic heterocycles. The molecule has 1 heterocycles. The average molecular weight is 231 g/mol. The quantitative estimate of drug-likeness (QED) is 0.863. The van der Waals surface area contributed by atoms with Gasteiger partial charge in [0.1, 0.15) is 11.6 Å². The van der Waals surface area contributed by atoms with E-state index in [1.807, 2.05) is 13.0 Å². The second-order valence-electron chi connectivity index (χ2n) is 3.98. The number of benzene rings is 1. The van der Waals surface area contributed by atoms with Gasteiger partial charge in [0.25, 0.3) is 0 Å². The summed E-state index contributed by atoms with van der Waals surface area (Å²) in [5.41, 5.74) is 8.66. The molecule has 0 spiro atoms. The van der Waals surface area contributed by atoms with Crippen LogP contribution in [0.2, 0.25) is 0 Å². The largest absolute Gasteiger partial charge is 0.324 e. The summed E-state index contributed by atoms with van der Waals surface area (Å²) >= 11 is 0. The zero-order valence-electron chi connectivity index (χ0n) is 9.87. The summed E-state index contributed by atoms with van der Waals surface area (Å²) in [4.78, 5) is 8.54. The van der Waals surface area contributed by atoms with E-state index >= 15 is 0 Å². The smallest absolute Gasteiger partial charge is 0.142 e. The Labute approximate surface area is 99.5 Å². The second kappa shape index (κ2) is 4.59. The van der Waals surface area contributed by atoms with Gasteiger partial charge in [0.2, 0.25) is 0 Å². The molecule has 2 N–H and O–H groups in total.